The van der Waals surface area contributed by atoms with Crippen LogP contribution in [-0.2, 0) is 17.3 Å². The molecule has 1 unspecified atom stereocenters. The predicted molar refractivity (Wildman–Crippen MR) is 125 cm³/mol. The number of hydrogen-bond donors (Lipinski definition) is 3. The van der Waals surface area contributed by atoms with Crippen LogP contribution < -0.4 is 10.2 Å². The number of para-hydroxylation sites is 2. The van der Waals surface area contributed by atoms with Crippen LogP contribution in [0.25, 0.3) is 0 Å². The van der Waals surface area contributed by atoms with E-state index in [-0.39, 0.29) is 11.3 Å². The average molecular weight is 451 g/mol. The van der Waals surface area contributed by atoms with E-state index in [2.05, 4.69) is 24.1 Å². The molecule has 3 aromatic carbocycles. The van der Waals surface area contributed by atoms with Crippen LogP contribution >= 0.6 is 0 Å². The molecule has 4 rings (SSSR count). The number of anilines is 2. The molecule has 0 radical (unpaired) electrons. The molecule has 3 aromatic rings. The highest BCUT2D eigenvalue weighted by atomic mass is 32.2. The lowest BCUT2D eigenvalue weighted by atomic mass is 10.1. The molecule has 0 aromatic heterocycles. The lowest BCUT2D eigenvalue weighted by molar-refractivity contribution is 0.0693. The van der Waals surface area contributed by atoms with E-state index in [9.17, 15) is 14.1 Å². The summed E-state index contributed by atoms with van der Waals surface area (Å²) in [6.45, 7) is 5.93. The maximum Gasteiger partial charge on any atom is 0.339 e. The molecule has 0 bridgehead atoms. The number of aromatic hydroxyl groups is 1. The fraction of sp³-hybridized carbons (Fsp3) is 0.240. The van der Waals surface area contributed by atoms with Gasteiger partial charge in [0.2, 0.25) is 0 Å². The van der Waals surface area contributed by atoms with Crippen LogP contribution in [-0.4, -0.2) is 33.5 Å². The van der Waals surface area contributed by atoms with Crippen molar-refractivity contribution in [3.05, 3.63) is 76.9 Å². The van der Waals surface area contributed by atoms with Gasteiger partial charge in [-0.15, -0.1) is 0 Å². The highest BCUT2D eigenvalue weighted by Gasteiger charge is 2.29. The van der Waals surface area contributed by atoms with Crippen molar-refractivity contribution < 1.29 is 19.2 Å². The standard InChI is InChI=1S/C25H26N2O4S/c1-16-11-12-22-23(17(16)2)27(20-9-3-4-10-21(20)32(22)31)14-6-13-26-15-18-7-5-8-19(24(18)28)25(29)30/h3-5,7-12,26,28H,6,13-15H2,1-2H3,(H,29,30). The molecule has 6 nitrogen and oxygen atoms in total. The van der Waals surface area contributed by atoms with Gasteiger partial charge in [0.15, 0.2) is 0 Å². The first kappa shape index (κ1) is 22.0. The van der Waals surface area contributed by atoms with Crippen molar-refractivity contribution in [2.24, 2.45) is 0 Å². The first-order valence-corrected chi connectivity index (χ1v) is 11.7. The van der Waals surface area contributed by atoms with Gasteiger partial charge in [-0.05, 0) is 62.2 Å². The third-order valence-electron chi connectivity index (χ3n) is 5.89. The highest BCUT2D eigenvalue weighted by molar-refractivity contribution is 7.85. The molecule has 0 saturated carbocycles. The summed E-state index contributed by atoms with van der Waals surface area (Å²) in [5.74, 6) is -1.34. The van der Waals surface area contributed by atoms with Crippen LogP contribution in [0.1, 0.15) is 33.5 Å². The van der Waals surface area contributed by atoms with Crippen LogP contribution in [0.4, 0.5) is 11.4 Å². The second-order valence-corrected chi connectivity index (χ2v) is 9.31. The summed E-state index contributed by atoms with van der Waals surface area (Å²) in [7, 11) is -1.21. The minimum atomic E-state index is -1.21. The van der Waals surface area contributed by atoms with Gasteiger partial charge < -0.3 is 20.4 Å². The summed E-state index contributed by atoms with van der Waals surface area (Å²) in [6, 6.07) is 16.6. The zero-order valence-electron chi connectivity index (χ0n) is 18.1. The lowest BCUT2D eigenvalue weighted by Crippen LogP contribution is -2.28. The van der Waals surface area contributed by atoms with E-state index in [1.54, 1.807) is 12.1 Å². The fourth-order valence-electron chi connectivity index (χ4n) is 4.06. The van der Waals surface area contributed by atoms with E-state index in [4.69, 9.17) is 5.11 Å². The van der Waals surface area contributed by atoms with Gasteiger partial charge in [-0.25, -0.2) is 9.00 Å². The number of rotatable bonds is 7. The van der Waals surface area contributed by atoms with E-state index in [0.29, 0.717) is 18.7 Å². The van der Waals surface area contributed by atoms with E-state index in [1.807, 2.05) is 36.4 Å². The molecule has 0 spiro atoms. The summed E-state index contributed by atoms with van der Waals surface area (Å²) in [5.41, 5.74) is 4.75. The average Bonchev–Trinajstić information content (AvgIpc) is 2.78. The highest BCUT2D eigenvalue weighted by Crippen LogP contribution is 2.44. The van der Waals surface area contributed by atoms with Crippen LogP contribution in [0.15, 0.2) is 64.4 Å². The summed E-state index contributed by atoms with van der Waals surface area (Å²) in [5, 5.41) is 22.6. The van der Waals surface area contributed by atoms with Gasteiger partial charge in [-0.1, -0.05) is 30.3 Å². The maximum atomic E-state index is 13.2. The molecule has 7 heteroatoms. The van der Waals surface area contributed by atoms with Gasteiger partial charge in [-0.2, -0.15) is 0 Å². The fourth-order valence-corrected chi connectivity index (χ4v) is 5.50. The Kier molecular flexibility index (Phi) is 6.30. The van der Waals surface area contributed by atoms with Crippen molar-refractivity contribution in [2.45, 2.75) is 36.6 Å². The van der Waals surface area contributed by atoms with Crippen LogP contribution in [0.2, 0.25) is 0 Å². The van der Waals surface area contributed by atoms with E-state index in [1.165, 1.54) is 6.07 Å². The Morgan fingerprint density at radius 1 is 1.03 bits per heavy atom. The van der Waals surface area contributed by atoms with E-state index < -0.39 is 16.8 Å². The van der Waals surface area contributed by atoms with Crippen molar-refractivity contribution in [3.63, 3.8) is 0 Å². The van der Waals surface area contributed by atoms with Crippen LogP contribution in [0, 0.1) is 13.8 Å². The minimum absolute atomic E-state index is 0.0929. The second kappa shape index (κ2) is 9.14. The Morgan fingerprint density at radius 3 is 2.59 bits per heavy atom. The zero-order valence-corrected chi connectivity index (χ0v) is 18.9. The molecular formula is C25H26N2O4S. The Balaban J connectivity index is 1.48. The summed E-state index contributed by atoms with van der Waals surface area (Å²) in [6.07, 6.45) is 0.813. The second-order valence-electron chi connectivity index (χ2n) is 7.89. The molecule has 0 aliphatic carbocycles. The monoisotopic (exact) mass is 450 g/mol. The molecule has 1 aliphatic heterocycles. The lowest BCUT2D eigenvalue weighted by Gasteiger charge is -2.34. The Labute approximate surface area is 190 Å². The van der Waals surface area contributed by atoms with Crippen molar-refractivity contribution in [3.8, 4) is 5.75 Å². The number of aryl methyl sites for hydroxylation is 1. The predicted octanol–water partition coefficient (Wildman–Crippen LogP) is 4.51. The first-order chi connectivity index (χ1) is 15.4. The first-order valence-electron chi connectivity index (χ1n) is 10.5. The number of nitrogens with zero attached hydrogens (tertiary/aromatic N) is 1. The summed E-state index contributed by atoms with van der Waals surface area (Å²) >= 11 is 0. The Morgan fingerprint density at radius 2 is 1.81 bits per heavy atom. The minimum Gasteiger partial charge on any atom is -0.507 e. The van der Waals surface area contributed by atoms with E-state index >= 15 is 0 Å². The van der Waals surface area contributed by atoms with Crippen molar-refractivity contribution in [1.29, 1.82) is 0 Å². The van der Waals surface area contributed by atoms with Crippen molar-refractivity contribution >= 4 is 28.1 Å². The maximum absolute atomic E-state index is 13.2. The molecule has 0 fully saturated rings. The molecular weight excluding hydrogens is 424 g/mol. The number of benzene rings is 3. The normalized spacial score (nSPS) is 14.7. The smallest absolute Gasteiger partial charge is 0.339 e. The molecule has 1 atom stereocenters. The van der Waals surface area contributed by atoms with Gasteiger partial charge in [0.1, 0.15) is 11.3 Å². The molecule has 32 heavy (non-hydrogen) atoms. The molecule has 0 saturated heterocycles. The third-order valence-corrected chi connectivity index (χ3v) is 7.36. The van der Waals surface area contributed by atoms with Crippen molar-refractivity contribution in [1.82, 2.24) is 5.32 Å². The molecule has 3 N–H and O–H groups in total. The summed E-state index contributed by atoms with van der Waals surface area (Å²) < 4.78 is 13.2. The quantitative estimate of drug-likeness (QED) is 0.459. The van der Waals surface area contributed by atoms with E-state index in [0.717, 1.165) is 45.3 Å². The number of aromatic carboxylic acids is 1. The molecule has 1 heterocycles. The number of carboxylic acid groups (broad SMARTS) is 1. The molecule has 166 valence electrons. The number of phenols is 1. The Hall–Kier alpha value is -3.16. The Bertz CT molecular complexity index is 1210. The van der Waals surface area contributed by atoms with Crippen LogP contribution in [0.3, 0.4) is 0 Å². The van der Waals surface area contributed by atoms with Gasteiger partial charge >= 0.3 is 5.97 Å². The number of fused-ring (bicyclic) bond motifs is 2. The SMILES string of the molecule is Cc1ccc2c(c1C)N(CCCNCc1cccc(C(=O)O)c1O)c1ccccc1S2=O. The number of carboxylic acids is 1. The third kappa shape index (κ3) is 4.01. The van der Waals surface area contributed by atoms with Crippen molar-refractivity contribution in [2.75, 3.05) is 18.0 Å². The zero-order chi connectivity index (χ0) is 22.8. The van der Waals surface area contributed by atoms with Gasteiger partial charge in [0, 0.05) is 18.7 Å². The number of carbonyl (C=O) groups is 1. The number of nitrogens with one attached hydrogen (secondary N) is 1. The molecule has 0 amide bonds. The summed E-state index contributed by atoms with van der Waals surface area (Å²) in [4.78, 5) is 15.1. The van der Waals surface area contributed by atoms with Gasteiger partial charge in [0.25, 0.3) is 0 Å². The topological polar surface area (TPSA) is 89.9 Å². The van der Waals surface area contributed by atoms with Crippen LogP contribution in [0.5, 0.6) is 5.75 Å². The van der Waals surface area contributed by atoms with Gasteiger partial charge in [0.05, 0.1) is 32.0 Å². The van der Waals surface area contributed by atoms with Gasteiger partial charge in [-0.3, -0.25) is 0 Å². The largest absolute Gasteiger partial charge is 0.507 e. The molecule has 1 aliphatic rings. The number of hydrogen-bond acceptors (Lipinski definition) is 5.